The maximum atomic E-state index is 12.0. The van der Waals surface area contributed by atoms with E-state index in [1.54, 1.807) is 0 Å². The van der Waals surface area contributed by atoms with Crippen LogP contribution in [-0.4, -0.2) is 19.0 Å². The van der Waals surface area contributed by atoms with Crippen molar-refractivity contribution in [2.45, 2.75) is 33.1 Å². The molecule has 0 saturated heterocycles. The normalized spacial score (nSPS) is 11.6. The Morgan fingerprint density at radius 2 is 1.68 bits per heavy atom. The smallest absolute Gasteiger partial charge is 0.226 e. The first-order valence-corrected chi connectivity index (χ1v) is 6.33. The van der Waals surface area contributed by atoms with Crippen molar-refractivity contribution in [3.05, 3.63) is 35.9 Å². The number of benzene rings is 1. The summed E-state index contributed by atoms with van der Waals surface area (Å²) in [5, 5.41) is 2.99. The molecule has 0 aliphatic rings. The summed E-state index contributed by atoms with van der Waals surface area (Å²) in [6, 6.07) is 10.2. The molecule has 0 aromatic heterocycles. The third-order valence-corrected chi connectivity index (χ3v) is 3.37. The second-order valence-corrected chi connectivity index (χ2v) is 6.02. The van der Waals surface area contributed by atoms with Gasteiger partial charge in [0.15, 0.2) is 0 Å². The Kier molecular flexibility index (Phi) is 6.53. The van der Waals surface area contributed by atoms with E-state index in [1.165, 1.54) is 5.56 Å². The Balaban J connectivity index is 0.00000324. The van der Waals surface area contributed by atoms with Gasteiger partial charge >= 0.3 is 0 Å². The second-order valence-electron chi connectivity index (χ2n) is 6.02. The summed E-state index contributed by atoms with van der Waals surface area (Å²) in [6.07, 6.45) is 0. The number of hydrogen-bond donors (Lipinski definition) is 2. The van der Waals surface area contributed by atoms with Gasteiger partial charge in [-0.25, -0.2) is 0 Å². The molecule has 0 aliphatic carbocycles. The Morgan fingerprint density at radius 3 is 2.16 bits per heavy atom. The van der Waals surface area contributed by atoms with Crippen LogP contribution in [0.4, 0.5) is 0 Å². The van der Waals surface area contributed by atoms with Gasteiger partial charge in [0.05, 0.1) is 5.41 Å². The number of halogens is 1. The van der Waals surface area contributed by atoms with Crippen molar-refractivity contribution in [1.82, 2.24) is 5.32 Å². The zero-order valence-electron chi connectivity index (χ0n) is 12.2. The quantitative estimate of drug-likeness (QED) is 0.873. The average Bonchev–Trinajstić information content (AvgIpc) is 2.37. The highest BCUT2D eigenvalue weighted by molar-refractivity contribution is 5.85. The van der Waals surface area contributed by atoms with Gasteiger partial charge in [0, 0.05) is 18.5 Å². The maximum Gasteiger partial charge on any atom is 0.226 e. The minimum atomic E-state index is -0.507. The van der Waals surface area contributed by atoms with Gasteiger partial charge in [-0.2, -0.15) is 0 Å². The predicted octanol–water partition coefficient (Wildman–Crippen LogP) is 2.49. The van der Waals surface area contributed by atoms with Crippen LogP contribution in [0, 0.1) is 5.41 Å². The molecule has 108 valence electrons. The first-order valence-electron chi connectivity index (χ1n) is 6.33. The van der Waals surface area contributed by atoms with Crippen molar-refractivity contribution in [2.75, 3.05) is 13.1 Å². The van der Waals surface area contributed by atoms with Crippen molar-refractivity contribution >= 4 is 18.3 Å². The third-order valence-electron chi connectivity index (χ3n) is 3.37. The van der Waals surface area contributed by atoms with E-state index in [2.05, 4.69) is 31.3 Å². The molecule has 1 aromatic rings. The van der Waals surface area contributed by atoms with E-state index in [9.17, 15) is 4.79 Å². The SMILES string of the molecule is CC(C)(CN)C(=O)NCC(C)(C)c1ccccc1.Cl. The van der Waals surface area contributed by atoms with E-state index in [0.29, 0.717) is 13.1 Å². The summed E-state index contributed by atoms with van der Waals surface area (Å²) in [5.74, 6) is 0.00834. The maximum absolute atomic E-state index is 12.0. The molecule has 0 aliphatic heterocycles. The molecule has 3 nitrogen and oxygen atoms in total. The molecule has 0 radical (unpaired) electrons. The lowest BCUT2D eigenvalue weighted by molar-refractivity contribution is -0.129. The van der Waals surface area contributed by atoms with E-state index in [1.807, 2.05) is 32.0 Å². The zero-order chi connectivity index (χ0) is 13.8. The van der Waals surface area contributed by atoms with Gasteiger partial charge in [0.1, 0.15) is 0 Å². The van der Waals surface area contributed by atoms with Crippen molar-refractivity contribution in [3.8, 4) is 0 Å². The molecule has 0 fully saturated rings. The van der Waals surface area contributed by atoms with Gasteiger partial charge in [-0.1, -0.05) is 44.2 Å². The molecule has 0 atom stereocenters. The van der Waals surface area contributed by atoms with Crippen LogP contribution in [0.3, 0.4) is 0 Å². The summed E-state index contributed by atoms with van der Waals surface area (Å²) >= 11 is 0. The lowest BCUT2D eigenvalue weighted by atomic mass is 9.84. The molecule has 0 spiro atoms. The van der Waals surface area contributed by atoms with Crippen LogP contribution in [0.1, 0.15) is 33.3 Å². The molecular weight excluding hydrogens is 260 g/mol. The summed E-state index contributed by atoms with van der Waals surface area (Å²) in [5.41, 5.74) is 6.23. The molecular formula is C15H25ClN2O. The predicted molar refractivity (Wildman–Crippen MR) is 82.6 cm³/mol. The Bertz CT molecular complexity index is 402. The molecule has 0 heterocycles. The molecule has 3 N–H and O–H groups in total. The first kappa shape index (κ1) is 17.9. The van der Waals surface area contributed by atoms with Crippen LogP contribution in [0.15, 0.2) is 30.3 Å². The molecule has 1 aromatic carbocycles. The van der Waals surface area contributed by atoms with Gasteiger partial charge in [0.2, 0.25) is 5.91 Å². The summed E-state index contributed by atoms with van der Waals surface area (Å²) < 4.78 is 0. The molecule has 19 heavy (non-hydrogen) atoms. The number of rotatable bonds is 5. The molecule has 0 unspecified atom stereocenters. The van der Waals surface area contributed by atoms with Crippen molar-refractivity contribution < 1.29 is 4.79 Å². The van der Waals surface area contributed by atoms with E-state index in [0.717, 1.165) is 0 Å². The monoisotopic (exact) mass is 284 g/mol. The van der Waals surface area contributed by atoms with E-state index in [4.69, 9.17) is 5.73 Å². The van der Waals surface area contributed by atoms with Crippen LogP contribution < -0.4 is 11.1 Å². The first-order chi connectivity index (χ1) is 8.29. The highest BCUT2D eigenvalue weighted by atomic mass is 35.5. The van der Waals surface area contributed by atoms with E-state index >= 15 is 0 Å². The van der Waals surface area contributed by atoms with Crippen LogP contribution in [0.2, 0.25) is 0 Å². The third kappa shape index (κ3) is 4.84. The van der Waals surface area contributed by atoms with Crippen LogP contribution in [-0.2, 0) is 10.2 Å². The van der Waals surface area contributed by atoms with Crippen LogP contribution >= 0.6 is 12.4 Å². The number of amides is 1. The number of nitrogens with one attached hydrogen (secondary N) is 1. The van der Waals surface area contributed by atoms with Gasteiger partial charge in [-0.15, -0.1) is 12.4 Å². The summed E-state index contributed by atoms with van der Waals surface area (Å²) in [4.78, 5) is 12.0. The van der Waals surface area contributed by atoms with Crippen LogP contribution in [0.5, 0.6) is 0 Å². The van der Waals surface area contributed by atoms with Crippen molar-refractivity contribution in [3.63, 3.8) is 0 Å². The molecule has 0 bridgehead atoms. The fourth-order valence-electron chi connectivity index (χ4n) is 1.62. The lowest BCUT2D eigenvalue weighted by Gasteiger charge is -2.28. The Hall–Kier alpha value is -1.06. The number of carbonyl (C=O) groups excluding carboxylic acids is 1. The van der Waals surface area contributed by atoms with Gasteiger partial charge in [0.25, 0.3) is 0 Å². The number of carbonyl (C=O) groups is 1. The minimum absolute atomic E-state index is 0. The zero-order valence-corrected chi connectivity index (χ0v) is 13.0. The van der Waals surface area contributed by atoms with Crippen molar-refractivity contribution in [1.29, 1.82) is 0 Å². The lowest BCUT2D eigenvalue weighted by Crippen LogP contribution is -2.45. The second kappa shape index (κ2) is 6.92. The van der Waals surface area contributed by atoms with E-state index in [-0.39, 0.29) is 23.7 Å². The Morgan fingerprint density at radius 1 is 1.16 bits per heavy atom. The fraction of sp³-hybridized carbons (Fsp3) is 0.533. The summed E-state index contributed by atoms with van der Waals surface area (Å²) in [6.45, 7) is 8.93. The van der Waals surface area contributed by atoms with Gasteiger partial charge in [-0.3, -0.25) is 4.79 Å². The van der Waals surface area contributed by atoms with E-state index < -0.39 is 5.41 Å². The highest BCUT2D eigenvalue weighted by Crippen LogP contribution is 2.22. The van der Waals surface area contributed by atoms with Crippen molar-refractivity contribution in [2.24, 2.45) is 11.1 Å². The largest absolute Gasteiger partial charge is 0.355 e. The summed E-state index contributed by atoms with van der Waals surface area (Å²) in [7, 11) is 0. The molecule has 1 rings (SSSR count). The average molecular weight is 285 g/mol. The molecule has 1 amide bonds. The number of nitrogens with two attached hydrogens (primary N) is 1. The highest BCUT2D eigenvalue weighted by Gasteiger charge is 2.28. The topological polar surface area (TPSA) is 55.1 Å². The van der Waals surface area contributed by atoms with Crippen LogP contribution in [0.25, 0.3) is 0 Å². The molecule has 4 heteroatoms. The fourth-order valence-corrected chi connectivity index (χ4v) is 1.62. The number of hydrogen-bond acceptors (Lipinski definition) is 2. The minimum Gasteiger partial charge on any atom is -0.355 e. The standard InChI is InChI=1S/C15H24N2O.ClH/c1-14(2,10-16)13(18)17-11-15(3,4)12-8-6-5-7-9-12;/h5-9H,10-11,16H2,1-4H3,(H,17,18);1H. The van der Waals surface area contributed by atoms with Gasteiger partial charge < -0.3 is 11.1 Å². The Labute approximate surface area is 122 Å². The molecule has 0 saturated carbocycles. The van der Waals surface area contributed by atoms with Gasteiger partial charge in [-0.05, 0) is 19.4 Å².